The molecule has 2 saturated heterocycles. The number of ether oxygens (including phenoxy) is 2. The lowest BCUT2D eigenvalue weighted by Crippen LogP contribution is -2.51. The Bertz CT molecular complexity index is 608. The number of nitrogens with zero attached hydrogens (tertiary/aromatic N) is 2. The fourth-order valence-corrected chi connectivity index (χ4v) is 3.80. The molecule has 25 heavy (non-hydrogen) atoms. The number of carbonyl (C=O) groups excluding carboxylic acids is 2. The topological polar surface area (TPSA) is 72.2 Å². The summed E-state index contributed by atoms with van der Waals surface area (Å²) in [6.07, 6.45) is 3.99. The Labute approximate surface area is 147 Å². The third kappa shape index (κ3) is 3.88. The summed E-state index contributed by atoms with van der Waals surface area (Å²) in [6, 6.07) is 1.89. The van der Waals surface area contributed by atoms with Crippen molar-refractivity contribution in [3.8, 4) is 0 Å². The summed E-state index contributed by atoms with van der Waals surface area (Å²) >= 11 is 0. The van der Waals surface area contributed by atoms with Crippen LogP contribution in [-0.2, 0) is 14.3 Å². The van der Waals surface area contributed by atoms with Gasteiger partial charge in [0.05, 0.1) is 17.9 Å². The smallest absolute Gasteiger partial charge is 0.257 e. The van der Waals surface area contributed by atoms with Crippen LogP contribution in [0.1, 0.15) is 35.4 Å². The Balaban J connectivity index is 1.70. The Morgan fingerprint density at radius 3 is 2.68 bits per heavy atom. The van der Waals surface area contributed by atoms with E-state index in [1.54, 1.807) is 13.0 Å². The molecule has 1 aromatic heterocycles. The minimum Gasteiger partial charge on any atom is -0.469 e. The van der Waals surface area contributed by atoms with Crippen LogP contribution in [0.25, 0.3) is 0 Å². The molecule has 1 atom stereocenters. The quantitative estimate of drug-likeness (QED) is 0.804. The maximum atomic E-state index is 12.7. The maximum Gasteiger partial charge on any atom is 0.257 e. The molecule has 0 saturated carbocycles. The van der Waals surface area contributed by atoms with E-state index in [2.05, 4.69) is 0 Å². The largest absolute Gasteiger partial charge is 0.469 e. The molecule has 0 spiro atoms. The van der Waals surface area contributed by atoms with E-state index in [0.717, 1.165) is 19.3 Å². The maximum absolute atomic E-state index is 12.7. The highest BCUT2D eigenvalue weighted by Crippen LogP contribution is 2.25. The van der Waals surface area contributed by atoms with Crippen molar-refractivity contribution in [2.24, 2.45) is 0 Å². The van der Waals surface area contributed by atoms with Crippen molar-refractivity contribution in [3.63, 3.8) is 0 Å². The summed E-state index contributed by atoms with van der Waals surface area (Å²) < 4.78 is 15.7. The fraction of sp³-hybridized carbons (Fsp3) is 0.667. The van der Waals surface area contributed by atoms with E-state index in [4.69, 9.17) is 13.9 Å². The van der Waals surface area contributed by atoms with E-state index in [1.807, 2.05) is 9.80 Å². The van der Waals surface area contributed by atoms with Crippen LogP contribution in [-0.4, -0.2) is 73.7 Å². The summed E-state index contributed by atoms with van der Waals surface area (Å²) in [5.74, 6) is 0.596. The van der Waals surface area contributed by atoms with Gasteiger partial charge in [0.1, 0.15) is 12.4 Å². The molecule has 0 aliphatic carbocycles. The number of hydrogen-bond acceptors (Lipinski definition) is 5. The average Bonchev–Trinajstić information content (AvgIpc) is 3.25. The summed E-state index contributed by atoms with van der Waals surface area (Å²) in [7, 11) is 1.53. The first-order chi connectivity index (χ1) is 12.1. The molecule has 1 aromatic rings. The van der Waals surface area contributed by atoms with Gasteiger partial charge < -0.3 is 23.7 Å². The van der Waals surface area contributed by atoms with E-state index >= 15 is 0 Å². The molecular weight excluding hydrogens is 324 g/mol. The van der Waals surface area contributed by atoms with E-state index in [0.29, 0.717) is 37.6 Å². The Hall–Kier alpha value is -1.86. The summed E-state index contributed by atoms with van der Waals surface area (Å²) in [5.41, 5.74) is 0.599. The molecule has 2 aliphatic heterocycles. The third-order valence-electron chi connectivity index (χ3n) is 5.07. The SMILES string of the molecule is COCC(=O)N(C1CCOCC1)C1CCN(C(=O)c2ccoc2C)C1. The number of likely N-dealkylation sites (tertiary alicyclic amines) is 1. The first-order valence-corrected chi connectivity index (χ1v) is 8.83. The van der Waals surface area contributed by atoms with Crippen LogP contribution < -0.4 is 0 Å². The molecule has 1 unspecified atom stereocenters. The van der Waals surface area contributed by atoms with Crippen LogP contribution in [0.15, 0.2) is 16.7 Å². The summed E-state index contributed by atoms with van der Waals surface area (Å²) in [4.78, 5) is 29.1. The van der Waals surface area contributed by atoms with Gasteiger partial charge >= 0.3 is 0 Å². The van der Waals surface area contributed by atoms with Crippen molar-refractivity contribution in [3.05, 3.63) is 23.7 Å². The number of hydrogen-bond donors (Lipinski definition) is 0. The van der Waals surface area contributed by atoms with Crippen molar-refractivity contribution in [2.45, 2.75) is 38.3 Å². The van der Waals surface area contributed by atoms with Gasteiger partial charge in [0.15, 0.2) is 0 Å². The van der Waals surface area contributed by atoms with Crippen molar-refractivity contribution in [2.75, 3.05) is 40.0 Å². The lowest BCUT2D eigenvalue weighted by atomic mass is 10.0. The first-order valence-electron chi connectivity index (χ1n) is 8.83. The Morgan fingerprint density at radius 2 is 2.04 bits per heavy atom. The molecule has 7 heteroatoms. The van der Waals surface area contributed by atoms with Gasteiger partial charge in [-0.1, -0.05) is 0 Å². The molecular formula is C18H26N2O5. The van der Waals surface area contributed by atoms with Gasteiger partial charge in [-0.25, -0.2) is 0 Å². The van der Waals surface area contributed by atoms with Gasteiger partial charge in [-0.05, 0) is 32.3 Å². The second kappa shape index (κ2) is 8.01. The van der Waals surface area contributed by atoms with Gasteiger partial charge in [-0.2, -0.15) is 0 Å². The number of aryl methyl sites for hydroxylation is 1. The third-order valence-corrected chi connectivity index (χ3v) is 5.07. The number of carbonyl (C=O) groups is 2. The van der Waals surface area contributed by atoms with Crippen molar-refractivity contribution < 1.29 is 23.5 Å². The Kier molecular flexibility index (Phi) is 5.75. The second-order valence-corrected chi connectivity index (χ2v) is 6.66. The highest BCUT2D eigenvalue weighted by atomic mass is 16.5. The van der Waals surface area contributed by atoms with Crippen LogP contribution in [0.4, 0.5) is 0 Å². The van der Waals surface area contributed by atoms with E-state index in [9.17, 15) is 9.59 Å². The minimum atomic E-state index is -0.0279. The molecule has 3 heterocycles. The van der Waals surface area contributed by atoms with Crippen molar-refractivity contribution in [1.82, 2.24) is 9.80 Å². The molecule has 2 fully saturated rings. The van der Waals surface area contributed by atoms with Crippen LogP contribution >= 0.6 is 0 Å². The lowest BCUT2D eigenvalue weighted by molar-refractivity contribution is -0.142. The molecule has 2 aliphatic rings. The van der Waals surface area contributed by atoms with Crippen LogP contribution in [0.3, 0.4) is 0 Å². The van der Waals surface area contributed by atoms with Gasteiger partial charge in [0.2, 0.25) is 5.91 Å². The summed E-state index contributed by atoms with van der Waals surface area (Å²) in [6.45, 7) is 4.40. The van der Waals surface area contributed by atoms with E-state index in [1.165, 1.54) is 13.4 Å². The average molecular weight is 350 g/mol. The highest BCUT2D eigenvalue weighted by molar-refractivity contribution is 5.95. The van der Waals surface area contributed by atoms with Crippen LogP contribution in [0.2, 0.25) is 0 Å². The van der Waals surface area contributed by atoms with Gasteiger partial charge in [-0.3, -0.25) is 9.59 Å². The molecule has 0 radical (unpaired) electrons. The monoisotopic (exact) mass is 350 g/mol. The fourth-order valence-electron chi connectivity index (χ4n) is 3.80. The Morgan fingerprint density at radius 1 is 1.28 bits per heavy atom. The van der Waals surface area contributed by atoms with Gasteiger partial charge in [0.25, 0.3) is 5.91 Å². The minimum absolute atomic E-state index is 0.00630. The molecule has 138 valence electrons. The molecule has 0 aromatic carbocycles. The zero-order valence-electron chi connectivity index (χ0n) is 14.9. The molecule has 0 bridgehead atoms. The molecule has 0 N–H and O–H groups in total. The molecule has 7 nitrogen and oxygen atoms in total. The lowest BCUT2D eigenvalue weighted by Gasteiger charge is -2.38. The van der Waals surface area contributed by atoms with E-state index < -0.39 is 0 Å². The van der Waals surface area contributed by atoms with Gasteiger partial charge in [0, 0.05) is 39.5 Å². The van der Waals surface area contributed by atoms with Crippen LogP contribution in [0, 0.1) is 6.92 Å². The molecule has 2 amide bonds. The number of methoxy groups -OCH3 is 1. The number of amides is 2. The standard InChI is InChI=1S/C18H26N2O5/c1-13-16(6-10-25-13)18(22)19-7-3-15(11-19)20(17(21)12-23-2)14-4-8-24-9-5-14/h6,10,14-15H,3-5,7-9,11-12H2,1-2H3. The predicted molar refractivity (Wildman–Crippen MR) is 90.3 cm³/mol. The van der Waals surface area contributed by atoms with Gasteiger partial charge in [-0.15, -0.1) is 0 Å². The summed E-state index contributed by atoms with van der Waals surface area (Å²) in [5, 5.41) is 0. The van der Waals surface area contributed by atoms with E-state index in [-0.39, 0.29) is 30.5 Å². The highest BCUT2D eigenvalue weighted by Gasteiger charge is 2.37. The predicted octanol–water partition coefficient (Wildman–Crippen LogP) is 1.46. The molecule has 3 rings (SSSR count). The van der Waals surface area contributed by atoms with Crippen molar-refractivity contribution >= 4 is 11.8 Å². The van der Waals surface area contributed by atoms with Crippen LogP contribution in [0.5, 0.6) is 0 Å². The number of rotatable bonds is 5. The zero-order chi connectivity index (χ0) is 17.8. The number of furan rings is 1. The normalized spacial score (nSPS) is 21.5. The zero-order valence-corrected chi connectivity index (χ0v) is 14.9. The van der Waals surface area contributed by atoms with Crippen molar-refractivity contribution in [1.29, 1.82) is 0 Å². The second-order valence-electron chi connectivity index (χ2n) is 6.66. The first kappa shape index (κ1) is 17.9.